The van der Waals surface area contributed by atoms with Crippen LogP contribution in [0.4, 0.5) is 0 Å². The first-order valence-electron chi connectivity index (χ1n) is 7.06. The molecule has 0 fully saturated rings. The molecule has 9 heteroatoms. The lowest BCUT2D eigenvalue weighted by Gasteiger charge is -2.38. The van der Waals surface area contributed by atoms with Crippen LogP contribution in [0.3, 0.4) is 0 Å². The number of ketones is 1. The van der Waals surface area contributed by atoms with Crippen molar-refractivity contribution in [3.8, 4) is 0 Å². The lowest BCUT2D eigenvalue weighted by molar-refractivity contribution is -0.148. The molecule has 0 saturated carbocycles. The summed E-state index contributed by atoms with van der Waals surface area (Å²) in [6, 6.07) is -1.14. The fourth-order valence-corrected chi connectivity index (χ4v) is 2.26. The van der Waals surface area contributed by atoms with Crippen LogP contribution < -0.4 is 5.32 Å². The van der Waals surface area contributed by atoms with Crippen molar-refractivity contribution in [2.24, 2.45) is 0 Å². The number of carbonyl (C=O) groups excluding carboxylic acids is 2. The van der Waals surface area contributed by atoms with Crippen LogP contribution in [0, 0.1) is 0 Å². The summed E-state index contributed by atoms with van der Waals surface area (Å²) in [5.41, 5.74) is 0. The molecule has 5 atom stereocenters. The molecule has 9 nitrogen and oxygen atoms in total. The van der Waals surface area contributed by atoms with Crippen molar-refractivity contribution < 1.29 is 39.5 Å². The Morgan fingerprint density at radius 2 is 1.91 bits per heavy atom. The molecule has 5 N–H and O–H groups in total. The normalized spacial score (nSPS) is 26.5. The van der Waals surface area contributed by atoms with E-state index in [0.717, 1.165) is 6.08 Å². The number of aliphatic hydroxyl groups excluding tert-OH is 3. The topological polar surface area (TPSA) is 153 Å². The Kier molecular flexibility index (Phi) is 6.67. The predicted octanol–water partition coefficient (Wildman–Crippen LogP) is -1.69. The van der Waals surface area contributed by atoms with Crippen molar-refractivity contribution in [2.45, 2.75) is 57.1 Å². The lowest BCUT2D eigenvalue weighted by Crippen LogP contribution is -2.59. The van der Waals surface area contributed by atoms with Crippen LogP contribution in [-0.2, 0) is 19.1 Å². The van der Waals surface area contributed by atoms with Crippen molar-refractivity contribution in [1.29, 1.82) is 0 Å². The van der Waals surface area contributed by atoms with E-state index >= 15 is 0 Å². The molecule has 0 bridgehead atoms. The number of aliphatic hydroxyl groups is 3. The summed E-state index contributed by atoms with van der Waals surface area (Å²) < 4.78 is 5.11. The third-order valence-electron chi connectivity index (χ3n) is 3.41. The predicted molar refractivity (Wildman–Crippen MR) is 76.1 cm³/mol. The van der Waals surface area contributed by atoms with Crippen LogP contribution in [0.5, 0.6) is 0 Å². The Bertz CT molecular complexity index is 503. The van der Waals surface area contributed by atoms with E-state index in [1.807, 2.05) is 0 Å². The average molecular weight is 331 g/mol. The van der Waals surface area contributed by atoms with E-state index < -0.39 is 48.1 Å². The zero-order chi connectivity index (χ0) is 17.7. The molecular formula is C14H21NO8. The van der Waals surface area contributed by atoms with Crippen LogP contribution in [-0.4, -0.2) is 68.5 Å². The van der Waals surface area contributed by atoms with Gasteiger partial charge in [-0.1, -0.05) is 0 Å². The highest BCUT2D eigenvalue weighted by Crippen LogP contribution is 2.24. The highest BCUT2D eigenvalue weighted by Gasteiger charge is 2.42. The maximum atomic E-state index is 11.2. The number of carboxylic acid groups (broad SMARTS) is 1. The number of hydrogen-bond acceptors (Lipinski definition) is 7. The smallest absolute Gasteiger partial charge is 0.370 e. The molecular weight excluding hydrogens is 310 g/mol. The maximum absolute atomic E-state index is 11.2. The number of rotatable bonds is 7. The number of Topliss-reactive ketones (excluding diaryl/α,β-unsaturated/α-hetero) is 1. The number of hydrogen-bond donors (Lipinski definition) is 5. The van der Waals surface area contributed by atoms with Gasteiger partial charge < -0.3 is 35.3 Å². The van der Waals surface area contributed by atoms with Crippen molar-refractivity contribution >= 4 is 17.7 Å². The van der Waals surface area contributed by atoms with E-state index in [-0.39, 0.29) is 18.6 Å². The maximum Gasteiger partial charge on any atom is 0.370 e. The second-order valence-corrected chi connectivity index (χ2v) is 5.43. The van der Waals surface area contributed by atoms with E-state index in [9.17, 15) is 29.7 Å². The first-order valence-corrected chi connectivity index (χ1v) is 7.06. The summed E-state index contributed by atoms with van der Waals surface area (Å²) in [6.07, 6.45) is -4.95. The quantitative estimate of drug-likeness (QED) is 0.370. The summed E-state index contributed by atoms with van der Waals surface area (Å²) in [5.74, 6) is -2.77. The molecule has 1 heterocycles. The van der Waals surface area contributed by atoms with Crippen LogP contribution in [0.15, 0.2) is 11.8 Å². The van der Waals surface area contributed by atoms with E-state index in [2.05, 4.69) is 5.32 Å². The van der Waals surface area contributed by atoms with Gasteiger partial charge in [0.25, 0.3) is 0 Å². The van der Waals surface area contributed by atoms with Gasteiger partial charge in [0.1, 0.15) is 18.0 Å². The van der Waals surface area contributed by atoms with Crippen LogP contribution in [0.2, 0.25) is 0 Å². The fraction of sp³-hybridized carbons (Fsp3) is 0.643. The zero-order valence-electron chi connectivity index (χ0n) is 12.8. The van der Waals surface area contributed by atoms with Gasteiger partial charge in [0.2, 0.25) is 11.7 Å². The van der Waals surface area contributed by atoms with Gasteiger partial charge in [-0.25, -0.2) is 4.79 Å². The number of carbonyl (C=O) groups is 3. The van der Waals surface area contributed by atoms with E-state index in [4.69, 9.17) is 9.84 Å². The molecule has 0 radical (unpaired) electrons. The standard InChI is InChI=1S/C14H21NO8/c1-6(16)3-4-8(18)12(20)13-11(15-7(2)17)9(19)5-10(23-13)14(21)22/h5,8-9,11-13,18-20H,3-4H2,1-2H3,(H,15,17)(H,21,22)/t8-,9?,11-,12-,13?/m1/s1. The molecule has 0 aromatic rings. The molecule has 23 heavy (non-hydrogen) atoms. The van der Waals surface area contributed by atoms with E-state index in [0.29, 0.717) is 0 Å². The minimum Gasteiger partial charge on any atom is -0.478 e. The summed E-state index contributed by atoms with van der Waals surface area (Å²) >= 11 is 0. The number of aliphatic carboxylic acids is 1. The molecule has 0 aromatic carbocycles. The average Bonchev–Trinajstić information content (AvgIpc) is 2.45. The van der Waals surface area contributed by atoms with E-state index in [1.54, 1.807) is 0 Å². The second-order valence-electron chi connectivity index (χ2n) is 5.43. The summed E-state index contributed by atoms with van der Waals surface area (Å²) in [7, 11) is 0. The third-order valence-corrected chi connectivity index (χ3v) is 3.41. The molecule has 0 aliphatic carbocycles. The first-order chi connectivity index (χ1) is 10.6. The Morgan fingerprint density at radius 1 is 1.30 bits per heavy atom. The number of ether oxygens (including phenoxy) is 1. The number of carboxylic acids is 1. The summed E-state index contributed by atoms with van der Waals surface area (Å²) in [6.45, 7) is 2.50. The molecule has 2 unspecified atom stereocenters. The SMILES string of the molecule is CC(=O)CC[C@@H](O)[C@@H](O)C1OC(C(=O)O)=CC(O)[C@H]1NC(C)=O. The van der Waals surface area contributed by atoms with Gasteiger partial charge in [0.05, 0.1) is 12.1 Å². The molecule has 1 amide bonds. The Labute approximate surface area is 132 Å². The largest absolute Gasteiger partial charge is 0.478 e. The Morgan fingerprint density at radius 3 is 2.39 bits per heavy atom. The van der Waals surface area contributed by atoms with Crippen molar-refractivity contribution in [2.75, 3.05) is 0 Å². The third kappa shape index (κ3) is 5.31. The monoisotopic (exact) mass is 331 g/mol. The van der Waals surface area contributed by atoms with Crippen molar-refractivity contribution in [3.63, 3.8) is 0 Å². The van der Waals surface area contributed by atoms with Gasteiger partial charge in [-0.3, -0.25) is 4.79 Å². The molecule has 0 aromatic heterocycles. The summed E-state index contributed by atoms with van der Waals surface area (Å²) in [5, 5.41) is 41.4. The highest BCUT2D eigenvalue weighted by atomic mass is 16.5. The van der Waals surface area contributed by atoms with Gasteiger partial charge in [-0.15, -0.1) is 0 Å². The molecule has 1 aliphatic rings. The fourth-order valence-electron chi connectivity index (χ4n) is 2.26. The molecule has 0 saturated heterocycles. The van der Waals surface area contributed by atoms with Crippen molar-refractivity contribution in [3.05, 3.63) is 11.8 Å². The zero-order valence-corrected chi connectivity index (χ0v) is 12.8. The first kappa shape index (κ1) is 19.1. The van der Waals surface area contributed by atoms with Gasteiger partial charge in [-0.05, 0) is 19.4 Å². The van der Waals surface area contributed by atoms with Gasteiger partial charge in [-0.2, -0.15) is 0 Å². The van der Waals surface area contributed by atoms with Crippen molar-refractivity contribution in [1.82, 2.24) is 5.32 Å². The number of nitrogens with one attached hydrogen (secondary N) is 1. The minimum absolute atomic E-state index is 0.0138. The summed E-state index contributed by atoms with van der Waals surface area (Å²) in [4.78, 5) is 33.2. The highest BCUT2D eigenvalue weighted by molar-refractivity contribution is 5.84. The van der Waals surface area contributed by atoms with Crippen LogP contribution in [0.1, 0.15) is 26.7 Å². The number of amides is 1. The van der Waals surface area contributed by atoms with Gasteiger partial charge in [0, 0.05) is 13.3 Å². The minimum atomic E-state index is -1.61. The van der Waals surface area contributed by atoms with Gasteiger partial charge >= 0.3 is 5.97 Å². The van der Waals surface area contributed by atoms with E-state index in [1.165, 1.54) is 13.8 Å². The van der Waals surface area contributed by atoms with Gasteiger partial charge in [0.15, 0.2) is 6.10 Å². The van der Waals surface area contributed by atoms with Crippen LogP contribution in [0.25, 0.3) is 0 Å². The molecule has 130 valence electrons. The molecule has 0 spiro atoms. The Balaban J connectivity index is 2.96. The molecule has 1 aliphatic heterocycles. The van der Waals surface area contributed by atoms with Crippen LogP contribution >= 0.6 is 0 Å². The second kappa shape index (κ2) is 8.04. The lowest BCUT2D eigenvalue weighted by atomic mass is 9.92. The molecule has 1 rings (SSSR count). The Hall–Kier alpha value is -1.97.